The average molecular weight is 220 g/mol. The van der Waals surface area contributed by atoms with Gasteiger partial charge in [0.15, 0.2) is 0 Å². The Hall–Kier alpha value is -1.76. The smallest absolute Gasteiger partial charge is 0.239 e. The summed E-state index contributed by atoms with van der Waals surface area (Å²) in [4.78, 5) is 11.5. The second-order valence-electron chi connectivity index (χ2n) is 4.26. The van der Waals surface area contributed by atoms with Crippen LogP contribution in [0.5, 0.6) is 0 Å². The molecular weight excluding hydrogens is 204 g/mol. The molecule has 0 bridgehead atoms. The molecule has 0 spiro atoms. The molecule has 1 heterocycles. The van der Waals surface area contributed by atoms with Crippen molar-refractivity contribution in [2.24, 2.45) is 5.41 Å². The molecule has 0 unspecified atom stereocenters. The van der Waals surface area contributed by atoms with Crippen LogP contribution in [-0.4, -0.2) is 12.5 Å². The highest BCUT2D eigenvalue weighted by atomic mass is 16.3. The molecule has 0 atom stereocenters. The third-order valence-corrected chi connectivity index (χ3v) is 2.30. The standard InChI is InChI=1S/C12H16N2O2/c1-9-4-5-10(16-9)6-7-14-11(15)12(2,3)8-13/h4-5H,6-7H2,1-3H3,(H,14,15). The van der Waals surface area contributed by atoms with Crippen molar-refractivity contribution in [1.29, 1.82) is 5.26 Å². The van der Waals surface area contributed by atoms with E-state index in [1.807, 2.05) is 25.1 Å². The topological polar surface area (TPSA) is 66.0 Å². The molecule has 0 radical (unpaired) electrons. The van der Waals surface area contributed by atoms with Gasteiger partial charge in [-0.1, -0.05) is 0 Å². The lowest BCUT2D eigenvalue weighted by Crippen LogP contribution is -2.36. The first kappa shape index (κ1) is 12.3. The zero-order valence-electron chi connectivity index (χ0n) is 9.83. The maximum absolute atomic E-state index is 11.5. The van der Waals surface area contributed by atoms with Gasteiger partial charge >= 0.3 is 0 Å². The zero-order chi connectivity index (χ0) is 12.2. The minimum absolute atomic E-state index is 0.252. The molecule has 0 saturated carbocycles. The van der Waals surface area contributed by atoms with E-state index in [4.69, 9.17) is 9.68 Å². The van der Waals surface area contributed by atoms with Gasteiger partial charge < -0.3 is 9.73 Å². The summed E-state index contributed by atoms with van der Waals surface area (Å²) in [5.41, 5.74) is -0.973. The van der Waals surface area contributed by atoms with E-state index in [0.29, 0.717) is 13.0 Å². The molecule has 1 rings (SSSR count). The maximum Gasteiger partial charge on any atom is 0.239 e. The highest BCUT2D eigenvalue weighted by Crippen LogP contribution is 2.12. The predicted molar refractivity (Wildman–Crippen MR) is 59.6 cm³/mol. The summed E-state index contributed by atoms with van der Waals surface area (Å²) in [6.07, 6.45) is 0.640. The van der Waals surface area contributed by atoms with Gasteiger partial charge in [-0.15, -0.1) is 0 Å². The first-order valence-corrected chi connectivity index (χ1v) is 5.20. The first-order chi connectivity index (χ1) is 7.45. The van der Waals surface area contributed by atoms with Gasteiger partial charge in [0.05, 0.1) is 6.07 Å². The number of carbonyl (C=O) groups excluding carboxylic acids is 1. The van der Waals surface area contributed by atoms with Crippen LogP contribution in [0, 0.1) is 23.7 Å². The Kier molecular flexibility index (Phi) is 3.73. The van der Waals surface area contributed by atoms with Crippen LogP contribution < -0.4 is 5.32 Å². The van der Waals surface area contributed by atoms with Crippen molar-refractivity contribution in [2.45, 2.75) is 27.2 Å². The lowest BCUT2D eigenvalue weighted by molar-refractivity contribution is -0.126. The van der Waals surface area contributed by atoms with Gasteiger partial charge in [-0.2, -0.15) is 5.26 Å². The Balaban J connectivity index is 2.37. The summed E-state index contributed by atoms with van der Waals surface area (Å²) < 4.78 is 5.36. The van der Waals surface area contributed by atoms with Crippen LogP contribution in [0.2, 0.25) is 0 Å². The number of aryl methyl sites for hydroxylation is 1. The van der Waals surface area contributed by atoms with Crippen LogP contribution in [0.15, 0.2) is 16.5 Å². The van der Waals surface area contributed by atoms with Gasteiger partial charge in [-0.05, 0) is 32.9 Å². The molecule has 1 aromatic heterocycles. The van der Waals surface area contributed by atoms with Crippen molar-refractivity contribution in [3.05, 3.63) is 23.7 Å². The van der Waals surface area contributed by atoms with Crippen molar-refractivity contribution in [3.8, 4) is 6.07 Å². The Bertz CT molecular complexity index is 413. The first-order valence-electron chi connectivity index (χ1n) is 5.20. The molecule has 0 aliphatic carbocycles. The van der Waals surface area contributed by atoms with Gasteiger partial charge in [0.1, 0.15) is 16.9 Å². The maximum atomic E-state index is 11.5. The molecule has 0 aromatic carbocycles. The van der Waals surface area contributed by atoms with E-state index in [1.165, 1.54) is 0 Å². The molecule has 0 saturated heterocycles. The monoisotopic (exact) mass is 220 g/mol. The molecule has 1 amide bonds. The zero-order valence-corrected chi connectivity index (χ0v) is 9.83. The van der Waals surface area contributed by atoms with Crippen LogP contribution in [0.4, 0.5) is 0 Å². The Morgan fingerprint density at radius 1 is 1.56 bits per heavy atom. The van der Waals surface area contributed by atoms with Crippen LogP contribution in [-0.2, 0) is 11.2 Å². The van der Waals surface area contributed by atoms with E-state index in [9.17, 15) is 4.79 Å². The summed E-state index contributed by atoms with van der Waals surface area (Å²) >= 11 is 0. The third kappa shape index (κ3) is 3.13. The van der Waals surface area contributed by atoms with E-state index in [2.05, 4.69) is 5.32 Å². The fourth-order valence-electron chi connectivity index (χ4n) is 1.19. The number of hydrogen-bond donors (Lipinski definition) is 1. The van der Waals surface area contributed by atoms with Gasteiger partial charge in [-0.25, -0.2) is 0 Å². The molecule has 4 nitrogen and oxygen atoms in total. The fraction of sp³-hybridized carbons (Fsp3) is 0.500. The molecule has 0 aliphatic heterocycles. The van der Waals surface area contributed by atoms with E-state index < -0.39 is 5.41 Å². The van der Waals surface area contributed by atoms with Gasteiger partial charge in [0.25, 0.3) is 0 Å². The number of nitrogens with zero attached hydrogens (tertiary/aromatic N) is 1. The van der Waals surface area contributed by atoms with Crippen molar-refractivity contribution in [3.63, 3.8) is 0 Å². The third-order valence-electron chi connectivity index (χ3n) is 2.30. The molecule has 1 aromatic rings. The minimum atomic E-state index is -0.973. The van der Waals surface area contributed by atoms with E-state index in [1.54, 1.807) is 13.8 Å². The van der Waals surface area contributed by atoms with E-state index in [-0.39, 0.29) is 5.91 Å². The van der Waals surface area contributed by atoms with Gasteiger partial charge in [0.2, 0.25) is 5.91 Å². The number of carbonyl (C=O) groups is 1. The molecule has 0 fully saturated rings. The number of amides is 1. The second-order valence-corrected chi connectivity index (χ2v) is 4.26. The molecule has 86 valence electrons. The summed E-state index contributed by atoms with van der Waals surface area (Å²) in [6.45, 7) is 5.55. The summed E-state index contributed by atoms with van der Waals surface area (Å²) in [6, 6.07) is 5.73. The van der Waals surface area contributed by atoms with Crippen molar-refractivity contribution < 1.29 is 9.21 Å². The fourth-order valence-corrected chi connectivity index (χ4v) is 1.19. The van der Waals surface area contributed by atoms with Crippen molar-refractivity contribution >= 4 is 5.91 Å². The largest absolute Gasteiger partial charge is 0.466 e. The van der Waals surface area contributed by atoms with Gasteiger partial charge in [0, 0.05) is 13.0 Å². The second kappa shape index (κ2) is 4.84. The molecule has 1 N–H and O–H groups in total. The van der Waals surface area contributed by atoms with Crippen LogP contribution in [0.3, 0.4) is 0 Å². The Morgan fingerprint density at radius 3 is 2.75 bits per heavy atom. The molecular formula is C12H16N2O2. The van der Waals surface area contributed by atoms with E-state index in [0.717, 1.165) is 11.5 Å². The quantitative estimate of drug-likeness (QED) is 0.841. The lowest BCUT2D eigenvalue weighted by Gasteiger charge is -2.14. The normalized spacial score (nSPS) is 10.9. The van der Waals surface area contributed by atoms with Crippen molar-refractivity contribution in [2.75, 3.05) is 6.54 Å². The molecule has 16 heavy (non-hydrogen) atoms. The number of nitrogens with one attached hydrogen (secondary N) is 1. The predicted octanol–water partition coefficient (Wildman–Crippen LogP) is 1.80. The number of furan rings is 1. The molecule has 0 aliphatic rings. The summed E-state index contributed by atoms with van der Waals surface area (Å²) in [7, 11) is 0. The van der Waals surface area contributed by atoms with Gasteiger partial charge in [-0.3, -0.25) is 4.79 Å². The number of hydrogen-bond acceptors (Lipinski definition) is 3. The van der Waals surface area contributed by atoms with Crippen LogP contribution in [0.25, 0.3) is 0 Å². The van der Waals surface area contributed by atoms with Crippen LogP contribution in [0.1, 0.15) is 25.4 Å². The summed E-state index contributed by atoms with van der Waals surface area (Å²) in [5.74, 6) is 1.45. The SMILES string of the molecule is Cc1ccc(CCNC(=O)C(C)(C)C#N)o1. The number of rotatable bonds is 4. The minimum Gasteiger partial charge on any atom is -0.466 e. The average Bonchev–Trinajstić information content (AvgIpc) is 2.64. The molecule has 4 heteroatoms. The Labute approximate surface area is 95.2 Å². The highest BCUT2D eigenvalue weighted by Gasteiger charge is 2.26. The summed E-state index contributed by atoms with van der Waals surface area (Å²) in [5, 5.41) is 11.5. The Morgan fingerprint density at radius 2 is 2.25 bits per heavy atom. The highest BCUT2D eigenvalue weighted by molar-refractivity contribution is 5.84. The van der Waals surface area contributed by atoms with Crippen LogP contribution >= 0.6 is 0 Å². The number of nitriles is 1. The lowest BCUT2D eigenvalue weighted by atomic mass is 9.95. The van der Waals surface area contributed by atoms with E-state index >= 15 is 0 Å². The van der Waals surface area contributed by atoms with Crippen molar-refractivity contribution in [1.82, 2.24) is 5.32 Å².